The van der Waals surface area contributed by atoms with Gasteiger partial charge in [0.1, 0.15) is 11.6 Å². The summed E-state index contributed by atoms with van der Waals surface area (Å²) >= 11 is 0. The van der Waals surface area contributed by atoms with Gasteiger partial charge in [-0.1, -0.05) is 6.07 Å². The molecule has 4 aromatic heterocycles. The highest BCUT2D eigenvalue weighted by Crippen LogP contribution is 2.33. The highest BCUT2D eigenvalue weighted by atomic mass is 16.5. The second-order valence-corrected chi connectivity index (χ2v) is 8.03. The van der Waals surface area contributed by atoms with Gasteiger partial charge in [-0.05, 0) is 11.6 Å². The van der Waals surface area contributed by atoms with E-state index in [1.165, 1.54) is 0 Å². The molecule has 10 heteroatoms. The lowest BCUT2D eigenvalue weighted by molar-refractivity contribution is -0.121. The Hall–Kier alpha value is -4.39. The molecule has 1 N–H and O–H groups in total. The van der Waals surface area contributed by atoms with Crippen LogP contribution in [-0.4, -0.2) is 56.5 Å². The van der Waals surface area contributed by atoms with Crippen molar-refractivity contribution < 1.29 is 9.53 Å². The Morgan fingerprint density at radius 2 is 2.06 bits per heavy atom. The van der Waals surface area contributed by atoms with E-state index in [0.29, 0.717) is 24.5 Å². The molecule has 10 nitrogen and oxygen atoms in total. The number of carbonyl (C=O) groups is 1. The van der Waals surface area contributed by atoms with Crippen molar-refractivity contribution in [2.24, 2.45) is 7.05 Å². The molecular formula is C23H22N8O2. The number of nitriles is 1. The molecule has 1 fully saturated rings. The van der Waals surface area contributed by atoms with Gasteiger partial charge in [0.2, 0.25) is 11.8 Å². The summed E-state index contributed by atoms with van der Waals surface area (Å²) < 4.78 is 8.53. The standard InChI is InChI=1S/C23H22N8O2/c1-29-11-18(10-26-29)16-6-20(23-17(7-24)9-27-31(23)12-16)30-13-19(14-30)28-21(32)5-15-3-4-22(33-2)25-8-15/h3-4,6,8-12,19H,5,13-14H2,1-2H3,(H,28,32). The van der Waals surface area contributed by atoms with Crippen LogP contribution < -0.4 is 15.0 Å². The maximum atomic E-state index is 12.5. The van der Waals surface area contributed by atoms with Crippen molar-refractivity contribution in [2.45, 2.75) is 12.5 Å². The van der Waals surface area contributed by atoms with Crippen molar-refractivity contribution in [3.63, 3.8) is 0 Å². The number of amides is 1. The third kappa shape index (κ3) is 3.96. The van der Waals surface area contributed by atoms with Gasteiger partial charge in [-0.3, -0.25) is 9.48 Å². The number of fused-ring (bicyclic) bond motifs is 1. The summed E-state index contributed by atoms with van der Waals surface area (Å²) in [7, 11) is 3.43. The predicted molar refractivity (Wildman–Crippen MR) is 121 cm³/mol. The lowest BCUT2D eigenvalue weighted by atomic mass is 10.0. The summed E-state index contributed by atoms with van der Waals surface area (Å²) in [5, 5.41) is 21.2. The molecule has 0 aromatic carbocycles. The molecule has 0 unspecified atom stereocenters. The first kappa shape index (κ1) is 20.5. The van der Waals surface area contributed by atoms with Gasteiger partial charge in [-0.15, -0.1) is 0 Å². The number of hydrogen-bond donors (Lipinski definition) is 1. The molecule has 0 aliphatic carbocycles. The van der Waals surface area contributed by atoms with E-state index in [2.05, 4.69) is 37.5 Å². The zero-order valence-corrected chi connectivity index (χ0v) is 18.3. The van der Waals surface area contributed by atoms with Crippen LogP contribution in [0.4, 0.5) is 5.69 Å². The summed E-state index contributed by atoms with van der Waals surface area (Å²) in [5.41, 5.74) is 4.94. The van der Waals surface area contributed by atoms with Gasteiger partial charge in [0.15, 0.2) is 0 Å². The summed E-state index contributed by atoms with van der Waals surface area (Å²) in [6, 6.07) is 7.88. The fourth-order valence-electron chi connectivity index (χ4n) is 4.02. The molecule has 0 radical (unpaired) electrons. The SMILES string of the molecule is COc1ccc(CC(=O)NC2CN(c3cc(-c4cnn(C)c4)cn4ncc(C#N)c34)C2)cn1. The monoisotopic (exact) mass is 442 g/mol. The largest absolute Gasteiger partial charge is 0.481 e. The zero-order valence-electron chi connectivity index (χ0n) is 18.3. The van der Waals surface area contributed by atoms with Crippen LogP contribution in [0.3, 0.4) is 0 Å². The van der Waals surface area contributed by atoms with E-state index in [1.807, 2.05) is 25.5 Å². The highest BCUT2D eigenvalue weighted by Gasteiger charge is 2.30. The lowest BCUT2D eigenvalue weighted by Crippen LogP contribution is -2.59. The zero-order chi connectivity index (χ0) is 22.9. The van der Waals surface area contributed by atoms with Crippen LogP contribution >= 0.6 is 0 Å². The summed E-state index contributed by atoms with van der Waals surface area (Å²) in [4.78, 5) is 18.8. The Morgan fingerprint density at radius 1 is 1.21 bits per heavy atom. The number of methoxy groups -OCH3 is 1. The number of carbonyl (C=O) groups excluding carboxylic acids is 1. The van der Waals surface area contributed by atoms with Crippen LogP contribution in [0.2, 0.25) is 0 Å². The van der Waals surface area contributed by atoms with Crippen molar-refractivity contribution in [3.05, 3.63) is 60.3 Å². The molecule has 1 saturated heterocycles. The Bertz CT molecular complexity index is 1360. The number of anilines is 1. The fourth-order valence-corrected chi connectivity index (χ4v) is 4.02. The van der Waals surface area contributed by atoms with Crippen LogP contribution in [0.25, 0.3) is 16.6 Å². The molecule has 0 saturated carbocycles. The number of hydrogen-bond acceptors (Lipinski definition) is 7. The normalized spacial score (nSPS) is 13.5. The average molecular weight is 442 g/mol. The lowest BCUT2D eigenvalue weighted by Gasteiger charge is -2.41. The van der Waals surface area contributed by atoms with E-state index in [1.54, 1.807) is 41.0 Å². The molecule has 1 aliphatic rings. The number of nitrogens with zero attached hydrogens (tertiary/aromatic N) is 7. The van der Waals surface area contributed by atoms with Crippen molar-refractivity contribution in [1.29, 1.82) is 5.26 Å². The number of rotatable bonds is 6. The number of ether oxygens (including phenoxy) is 1. The molecule has 5 heterocycles. The third-order valence-electron chi connectivity index (χ3n) is 5.71. The van der Waals surface area contributed by atoms with Gasteiger partial charge >= 0.3 is 0 Å². The molecule has 0 spiro atoms. The van der Waals surface area contributed by atoms with E-state index >= 15 is 0 Å². The fraction of sp³-hybridized carbons (Fsp3) is 0.261. The van der Waals surface area contributed by atoms with Gasteiger partial charge in [0, 0.05) is 55.9 Å². The Morgan fingerprint density at radius 3 is 2.73 bits per heavy atom. The Labute approximate surface area is 190 Å². The molecule has 1 aliphatic heterocycles. The second kappa shape index (κ2) is 8.27. The van der Waals surface area contributed by atoms with E-state index in [0.717, 1.165) is 27.9 Å². The Kier molecular flexibility index (Phi) is 5.14. The van der Waals surface area contributed by atoms with Gasteiger partial charge in [-0.25, -0.2) is 9.50 Å². The number of pyridine rings is 2. The van der Waals surface area contributed by atoms with Crippen LogP contribution in [0.1, 0.15) is 11.1 Å². The number of aryl methyl sites for hydroxylation is 1. The van der Waals surface area contributed by atoms with Crippen LogP contribution in [0.15, 0.2) is 49.2 Å². The first-order chi connectivity index (χ1) is 16.0. The molecule has 166 valence electrons. The first-order valence-electron chi connectivity index (χ1n) is 10.5. The second-order valence-electron chi connectivity index (χ2n) is 8.03. The highest BCUT2D eigenvalue weighted by molar-refractivity contribution is 5.84. The van der Waals surface area contributed by atoms with Gasteiger partial charge in [-0.2, -0.15) is 15.5 Å². The minimum Gasteiger partial charge on any atom is -0.481 e. The predicted octanol–water partition coefficient (Wildman–Crippen LogP) is 1.56. The van der Waals surface area contributed by atoms with Gasteiger partial charge < -0.3 is 15.0 Å². The van der Waals surface area contributed by atoms with Crippen molar-refractivity contribution in [3.8, 4) is 23.1 Å². The Balaban J connectivity index is 1.31. The maximum absolute atomic E-state index is 12.5. The van der Waals surface area contributed by atoms with Crippen LogP contribution in [-0.2, 0) is 18.3 Å². The van der Waals surface area contributed by atoms with E-state index in [9.17, 15) is 10.1 Å². The van der Waals surface area contributed by atoms with Crippen molar-refractivity contribution in [1.82, 2.24) is 29.7 Å². The van der Waals surface area contributed by atoms with Crippen molar-refractivity contribution in [2.75, 3.05) is 25.1 Å². The minimum absolute atomic E-state index is 0.0271. The van der Waals surface area contributed by atoms with Gasteiger partial charge in [0.05, 0.1) is 43.2 Å². The smallest absolute Gasteiger partial charge is 0.224 e. The minimum atomic E-state index is -0.0528. The summed E-state index contributed by atoms with van der Waals surface area (Å²) in [5.74, 6) is 0.466. The molecule has 0 bridgehead atoms. The molecule has 0 atom stereocenters. The molecule has 33 heavy (non-hydrogen) atoms. The van der Waals surface area contributed by atoms with Gasteiger partial charge in [0.25, 0.3) is 0 Å². The van der Waals surface area contributed by atoms with E-state index in [-0.39, 0.29) is 18.4 Å². The van der Waals surface area contributed by atoms with Crippen LogP contribution in [0.5, 0.6) is 5.88 Å². The van der Waals surface area contributed by atoms with E-state index in [4.69, 9.17) is 4.74 Å². The number of aromatic nitrogens is 5. The number of nitrogens with one attached hydrogen (secondary N) is 1. The summed E-state index contributed by atoms with van der Waals surface area (Å²) in [6.07, 6.45) is 9.12. The third-order valence-corrected chi connectivity index (χ3v) is 5.71. The first-order valence-corrected chi connectivity index (χ1v) is 10.5. The molecular weight excluding hydrogens is 420 g/mol. The maximum Gasteiger partial charge on any atom is 0.224 e. The quantitative estimate of drug-likeness (QED) is 0.482. The van der Waals surface area contributed by atoms with Crippen LogP contribution in [0, 0.1) is 11.3 Å². The molecule has 1 amide bonds. The van der Waals surface area contributed by atoms with Crippen molar-refractivity contribution >= 4 is 17.1 Å². The molecule has 4 aromatic rings. The topological polar surface area (TPSA) is 113 Å². The van der Waals surface area contributed by atoms with E-state index < -0.39 is 0 Å². The summed E-state index contributed by atoms with van der Waals surface area (Å²) in [6.45, 7) is 1.30. The molecule has 5 rings (SSSR count). The average Bonchev–Trinajstić information content (AvgIpc) is 3.42.